The first-order valence-corrected chi connectivity index (χ1v) is 9.23. The number of esters is 1. The fourth-order valence-electron chi connectivity index (χ4n) is 2.38. The fraction of sp³-hybridized carbons (Fsp3) is 0.316. The van der Waals surface area contributed by atoms with Crippen LogP contribution in [0, 0.1) is 6.92 Å². The zero-order chi connectivity index (χ0) is 19.8. The van der Waals surface area contributed by atoms with Gasteiger partial charge in [-0.3, -0.25) is 0 Å². The van der Waals surface area contributed by atoms with Gasteiger partial charge in [0.1, 0.15) is 11.6 Å². The zero-order valence-electron chi connectivity index (χ0n) is 14.9. The van der Waals surface area contributed by atoms with E-state index < -0.39 is 11.9 Å². The fourth-order valence-corrected chi connectivity index (χ4v) is 3.76. The molecule has 27 heavy (non-hydrogen) atoms. The number of carboxylic acids is 1. The average Bonchev–Trinajstić information content (AvgIpc) is 2.67. The van der Waals surface area contributed by atoms with Crippen molar-refractivity contribution in [3.8, 4) is 0 Å². The summed E-state index contributed by atoms with van der Waals surface area (Å²) in [5.41, 5.74) is 8.37. The van der Waals surface area contributed by atoms with E-state index in [0.29, 0.717) is 17.0 Å². The number of carbonyl (C=O) groups is 2. The van der Waals surface area contributed by atoms with Crippen molar-refractivity contribution in [2.75, 3.05) is 6.61 Å². The first-order chi connectivity index (χ1) is 12.9. The number of aliphatic carboxylic acids is 1. The summed E-state index contributed by atoms with van der Waals surface area (Å²) in [6.07, 6.45) is 0.523. The van der Waals surface area contributed by atoms with Crippen molar-refractivity contribution in [3.63, 3.8) is 0 Å². The van der Waals surface area contributed by atoms with Crippen LogP contribution < -0.4 is 5.73 Å². The Balaban J connectivity index is 2.26. The van der Waals surface area contributed by atoms with Crippen LogP contribution in [0.2, 0.25) is 0 Å². The first-order valence-electron chi connectivity index (χ1n) is 8.35. The number of aliphatic hydroxyl groups is 1. The Morgan fingerprint density at radius 2 is 1.93 bits per heavy atom. The molecule has 144 valence electrons. The lowest BCUT2D eigenvalue weighted by molar-refractivity contribution is -0.164. The van der Waals surface area contributed by atoms with E-state index in [2.05, 4.69) is 4.98 Å². The summed E-state index contributed by atoms with van der Waals surface area (Å²) in [4.78, 5) is 26.4. The summed E-state index contributed by atoms with van der Waals surface area (Å²) >= 11 is 1.45. The number of carboxylic acid groups (broad SMARTS) is 1. The second-order valence-electron chi connectivity index (χ2n) is 5.99. The summed E-state index contributed by atoms with van der Waals surface area (Å²) in [6, 6.07) is 12.8. The van der Waals surface area contributed by atoms with E-state index in [4.69, 9.17) is 15.6 Å². The van der Waals surface area contributed by atoms with Gasteiger partial charge >= 0.3 is 11.9 Å². The highest BCUT2D eigenvalue weighted by Crippen LogP contribution is 2.39. The minimum absolute atomic E-state index is 0.0726. The number of nitrogens with two attached hydrogens (primary N) is 1. The lowest BCUT2D eigenvalue weighted by atomic mass is 10.1. The van der Waals surface area contributed by atoms with Crippen LogP contribution >= 0.6 is 11.8 Å². The number of benzene rings is 1. The second-order valence-corrected chi connectivity index (χ2v) is 7.19. The van der Waals surface area contributed by atoms with Crippen LogP contribution in [0.25, 0.3) is 0 Å². The predicted octanol–water partition coefficient (Wildman–Crippen LogP) is 2.06. The quantitative estimate of drug-likeness (QED) is 0.356. The maximum absolute atomic E-state index is 11.2. The summed E-state index contributed by atoms with van der Waals surface area (Å²) in [5.74, 6) is -2.95. The van der Waals surface area contributed by atoms with Crippen LogP contribution in [0.3, 0.4) is 0 Å². The van der Waals surface area contributed by atoms with Crippen LogP contribution in [-0.4, -0.2) is 39.8 Å². The van der Waals surface area contributed by atoms with E-state index in [9.17, 15) is 14.7 Å². The van der Waals surface area contributed by atoms with E-state index in [1.54, 1.807) is 12.1 Å². The molecule has 2 aromatic rings. The van der Waals surface area contributed by atoms with Crippen molar-refractivity contribution in [1.82, 2.24) is 4.98 Å². The van der Waals surface area contributed by atoms with Crippen molar-refractivity contribution in [2.24, 2.45) is 5.73 Å². The molecular formula is C19H22N2O5S. The molecular weight excluding hydrogens is 368 g/mol. The number of aryl methyl sites for hydroxylation is 1. The van der Waals surface area contributed by atoms with Gasteiger partial charge in [0.2, 0.25) is 0 Å². The third kappa shape index (κ3) is 6.35. The third-order valence-corrected chi connectivity index (χ3v) is 5.11. The first kappa shape index (κ1) is 20.9. The highest BCUT2D eigenvalue weighted by molar-refractivity contribution is 7.99. The van der Waals surface area contributed by atoms with E-state index in [0.717, 1.165) is 11.3 Å². The Kier molecular flexibility index (Phi) is 7.78. The summed E-state index contributed by atoms with van der Waals surface area (Å²) in [6.45, 7) is 1.52. The van der Waals surface area contributed by atoms with Gasteiger partial charge in [-0.05, 0) is 25.0 Å². The third-order valence-electron chi connectivity index (χ3n) is 3.79. The lowest BCUT2D eigenvalue weighted by Crippen LogP contribution is -2.26. The zero-order valence-corrected chi connectivity index (χ0v) is 15.7. The molecule has 0 unspecified atom stereocenters. The minimum atomic E-state index is -1.64. The van der Waals surface area contributed by atoms with Gasteiger partial charge in [0.25, 0.3) is 0 Å². The van der Waals surface area contributed by atoms with E-state index in [-0.39, 0.29) is 24.5 Å². The van der Waals surface area contributed by atoms with Crippen molar-refractivity contribution in [2.45, 2.75) is 36.3 Å². The van der Waals surface area contributed by atoms with Crippen LogP contribution in [0.15, 0.2) is 47.5 Å². The number of thioether (sulfide) groups is 1. The van der Waals surface area contributed by atoms with Gasteiger partial charge in [0, 0.05) is 22.5 Å². The SMILES string of the molecule is Cc1ccc(COC(=O)C(=O)O)c(S[C@H](C[C@H](N)CO)c2ccccc2)n1. The predicted molar refractivity (Wildman–Crippen MR) is 101 cm³/mol. The van der Waals surface area contributed by atoms with E-state index >= 15 is 0 Å². The Labute approximate surface area is 161 Å². The Morgan fingerprint density at radius 1 is 1.22 bits per heavy atom. The molecule has 0 radical (unpaired) electrons. The highest BCUT2D eigenvalue weighted by Gasteiger charge is 2.21. The normalized spacial score (nSPS) is 13.0. The molecule has 0 bridgehead atoms. The van der Waals surface area contributed by atoms with Crippen LogP contribution in [-0.2, 0) is 20.9 Å². The maximum Gasteiger partial charge on any atom is 0.417 e. The summed E-state index contributed by atoms with van der Waals surface area (Å²) in [5, 5.41) is 18.5. The molecule has 2 atom stereocenters. The molecule has 0 spiro atoms. The number of rotatable bonds is 8. The van der Waals surface area contributed by atoms with Crippen molar-refractivity contribution in [1.29, 1.82) is 0 Å². The molecule has 0 saturated carbocycles. The Morgan fingerprint density at radius 3 is 2.56 bits per heavy atom. The molecule has 0 amide bonds. The monoisotopic (exact) mass is 390 g/mol. The van der Waals surface area contributed by atoms with Crippen LogP contribution in [0.4, 0.5) is 0 Å². The molecule has 0 saturated heterocycles. The molecule has 2 rings (SSSR count). The molecule has 8 heteroatoms. The lowest BCUT2D eigenvalue weighted by Gasteiger charge is -2.21. The van der Waals surface area contributed by atoms with Gasteiger partial charge < -0.3 is 20.7 Å². The van der Waals surface area contributed by atoms with Gasteiger partial charge in [0.15, 0.2) is 0 Å². The molecule has 7 nitrogen and oxygen atoms in total. The average molecular weight is 390 g/mol. The van der Waals surface area contributed by atoms with Gasteiger partial charge in [-0.25, -0.2) is 14.6 Å². The molecule has 0 aliphatic carbocycles. The molecule has 0 aliphatic heterocycles. The summed E-state index contributed by atoms with van der Waals surface area (Å²) < 4.78 is 4.80. The number of aromatic nitrogens is 1. The molecule has 1 heterocycles. The largest absolute Gasteiger partial charge is 0.473 e. The number of hydrogen-bond acceptors (Lipinski definition) is 7. The smallest absolute Gasteiger partial charge is 0.417 e. The minimum Gasteiger partial charge on any atom is -0.473 e. The molecule has 0 fully saturated rings. The van der Waals surface area contributed by atoms with Crippen molar-refractivity contribution in [3.05, 3.63) is 59.3 Å². The number of aliphatic hydroxyl groups excluding tert-OH is 1. The number of pyridine rings is 1. The second kappa shape index (κ2) is 10.1. The maximum atomic E-state index is 11.2. The molecule has 4 N–H and O–H groups in total. The van der Waals surface area contributed by atoms with Gasteiger partial charge in [0.05, 0.1) is 6.61 Å². The molecule has 1 aromatic carbocycles. The standard InChI is InChI=1S/C19H22N2O5S/c1-12-7-8-14(11-26-19(25)18(23)24)17(21-12)27-16(9-15(20)10-22)13-5-3-2-4-6-13/h2-8,15-16,22H,9-11,20H2,1H3,(H,23,24)/t15-,16+/m0/s1. The number of hydrogen-bond donors (Lipinski definition) is 3. The number of ether oxygens (including phenoxy) is 1. The van der Waals surface area contributed by atoms with Gasteiger partial charge in [-0.15, -0.1) is 0 Å². The number of carbonyl (C=O) groups excluding carboxylic acids is 1. The van der Waals surface area contributed by atoms with Crippen LogP contribution in [0.1, 0.15) is 28.5 Å². The van der Waals surface area contributed by atoms with Crippen LogP contribution in [0.5, 0.6) is 0 Å². The Hall–Kier alpha value is -2.42. The van der Waals surface area contributed by atoms with E-state index in [1.165, 1.54) is 11.8 Å². The Bertz CT molecular complexity index is 785. The molecule has 1 aromatic heterocycles. The van der Waals surface area contributed by atoms with Crippen molar-refractivity contribution < 1.29 is 24.5 Å². The highest BCUT2D eigenvalue weighted by atomic mass is 32.2. The molecule has 0 aliphatic rings. The topological polar surface area (TPSA) is 123 Å². The van der Waals surface area contributed by atoms with Crippen molar-refractivity contribution >= 4 is 23.7 Å². The summed E-state index contributed by atoms with van der Waals surface area (Å²) in [7, 11) is 0. The van der Waals surface area contributed by atoms with Gasteiger partial charge in [-0.2, -0.15) is 0 Å². The van der Waals surface area contributed by atoms with E-state index in [1.807, 2.05) is 37.3 Å². The van der Waals surface area contributed by atoms with Gasteiger partial charge in [-0.1, -0.05) is 48.2 Å². The number of nitrogens with zero attached hydrogens (tertiary/aromatic N) is 1.